The van der Waals surface area contributed by atoms with E-state index < -0.39 is 0 Å². The lowest BCUT2D eigenvalue weighted by Gasteiger charge is -2.39. The topological polar surface area (TPSA) is 46.3 Å². The number of likely N-dealkylation sites (tertiary alicyclic amines) is 1. The van der Waals surface area contributed by atoms with E-state index in [0.29, 0.717) is 11.3 Å². The maximum absolute atomic E-state index is 12.4. The number of hydrogen-bond donors (Lipinski definition) is 1. The number of nitrogens with two attached hydrogens (primary N) is 1. The monoisotopic (exact) mass is 252 g/mol. The molecule has 0 aromatic rings. The largest absolute Gasteiger partial charge is 0.342 e. The lowest BCUT2D eigenvalue weighted by molar-refractivity contribution is -0.137. The highest BCUT2D eigenvalue weighted by molar-refractivity contribution is 5.80. The molecule has 0 aromatic carbocycles. The first-order valence-corrected chi connectivity index (χ1v) is 7.44. The summed E-state index contributed by atoms with van der Waals surface area (Å²) in [6.45, 7) is 8.79. The molecule has 18 heavy (non-hydrogen) atoms. The average molecular weight is 252 g/mol. The van der Waals surface area contributed by atoms with Crippen LogP contribution >= 0.6 is 0 Å². The van der Waals surface area contributed by atoms with Gasteiger partial charge in [-0.2, -0.15) is 0 Å². The van der Waals surface area contributed by atoms with E-state index >= 15 is 0 Å². The minimum absolute atomic E-state index is 0.108. The Labute approximate surface area is 111 Å². The molecule has 1 aliphatic carbocycles. The summed E-state index contributed by atoms with van der Waals surface area (Å²) >= 11 is 0. The molecule has 0 radical (unpaired) electrons. The zero-order chi connectivity index (χ0) is 13.3. The van der Waals surface area contributed by atoms with E-state index in [0.717, 1.165) is 51.1 Å². The predicted octanol–water partition coefficient (Wildman–Crippen LogP) is 2.40. The molecule has 2 fully saturated rings. The van der Waals surface area contributed by atoms with Crippen molar-refractivity contribution in [1.82, 2.24) is 4.90 Å². The van der Waals surface area contributed by atoms with Gasteiger partial charge >= 0.3 is 0 Å². The highest BCUT2D eigenvalue weighted by Gasteiger charge is 2.36. The standard InChI is InChI=1S/C15H28N2O/c1-15(2,3)11-7-9-17(10-8-11)14(18)12-5-4-6-13(12)16/h11-13H,4-10,16H2,1-3H3. The Kier molecular flexibility index (Phi) is 4.00. The molecule has 2 rings (SSSR count). The van der Waals surface area contributed by atoms with E-state index in [4.69, 9.17) is 5.73 Å². The van der Waals surface area contributed by atoms with E-state index in [1.54, 1.807) is 0 Å². The number of nitrogens with zero attached hydrogens (tertiary/aromatic N) is 1. The fraction of sp³-hybridized carbons (Fsp3) is 0.933. The van der Waals surface area contributed by atoms with Crippen molar-refractivity contribution in [1.29, 1.82) is 0 Å². The molecule has 2 atom stereocenters. The first kappa shape index (κ1) is 13.9. The Morgan fingerprint density at radius 1 is 1.11 bits per heavy atom. The van der Waals surface area contributed by atoms with Crippen molar-refractivity contribution < 1.29 is 4.79 Å². The molecule has 0 bridgehead atoms. The van der Waals surface area contributed by atoms with Crippen molar-refractivity contribution in [3.05, 3.63) is 0 Å². The summed E-state index contributed by atoms with van der Waals surface area (Å²) in [6, 6.07) is 0.109. The van der Waals surface area contributed by atoms with Crippen LogP contribution in [0, 0.1) is 17.3 Å². The second kappa shape index (κ2) is 5.20. The van der Waals surface area contributed by atoms with Crippen molar-refractivity contribution >= 4 is 5.91 Å². The number of carbonyl (C=O) groups excluding carboxylic acids is 1. The van der Waals surface area contributed by atoms with E-state index in [1.165, 1.54) is 0 Å². The summed E-state index contributed by atoms with van der Waals surface area (Å²) in [7, 11) is 0. The van der Waals surface area contributed by atoms with Gasteiger partial charge in [-0.1, -0.05) is 27.2 Å². The molecule has 1 saturated carbocycles. The van der Waals surface area contributed by atoms with E-state index in [9.17, 15) is 4.79 Å². The third-order valence-corrected chi connectivity index (χ3v) is 4.92. The first-order chi connectivity index (χ1) is 8.39. The molecule has 1 amide bonds. The summed E-state index contributed by atoms with van der Waals surface area (Å²) in [5, 5.41) is 0. The zero-order valence-corrected chi connectivity index (χ0v) is 12.1. The van der Waals surface area contributed by atoms with Gasteiger partial charge in [-0.15, -0.1) is 0 Å². The van der Waals surface area contributed by atoms with Crippen LogP contribution in [0.1, 0.15) is 52.9 Å². The van der Waals surface area contributed by atoms with E-state index in [2.05, 4.69) is 25.7 Å². The van der Waals surface area contributed by atoms with Crippen molar-refractivity contribution in [2.24, 2.45) is 23.0 Å². The molecule has 1 aliphatic heterocycles. The lowest BCUT2D eigenvalue weighted by atomic mass is 9.75. The molecule has 104 valence electrons. The molecular formula is C15H28N2O. The van der Waals surface area contributed by atoms with Crippen LogP contribution in [0.3, 0.4) is 0 Å². The predicted molar refractivity (Wildman–Crippen MR) is 74.1 cm³/mol. The van der Waals surface area contributed by atoms with Gasteiger partial charge in [-0.05, 0) is 37.0 Å². The summed E-state index contributed by atoms with van der Waals surface area (Å²) in [5.74, 6) is 1.18. The van der Waals surface area contributed by atoms with Gasteiger partial charge < -0.3 is 10.6 Å². The Morgan fingerprint density at radius 2 is 1.72 bits per heavy atom. The van der Waals surface area contributed by atoms with Crippen LogP contribution in [0.2, 0.25) is 0 Å². The third-order valence-electron chi connectivity index (χ3n) is 4.92. The molecule has 2 unspecified atom stereocenters. The quantitative estimate of drug-likeness (QED) is 0.779. The number of hydrogen-bond acceptors (Lipinski definition) is 2. The molecule has 3 heteroatoms. The van der Waals surface area contributed by atoms with Crippen molar-refractivity contribution in [2.45, 2.75) is 58.9 Å². The van der Waals surface area contributed by atoms with Gasteiger partial charge in [0, 0.05) is 19.1 Å². The summed E-state index contributed by atoms with van der Waals surface area (Å²) in [6.07, 6.45) is 5.44. The highest BCUT2D eigenvalue weighted by Crippen LogP contribution is 2.35. The van der Waals surface area contributed by atoms with Gasteiger partial charge in [-0.25, -0.2) is 0 Å². The van der Waals surface area contributed by atoms with Crippen LogP contribution in [0.15, 0.2) is 0 Å². The highest BCUT2D eigenvalue weighted by atomic mass is 16.2. The maximum atomic E-state index is 12.4. The van der Waals surface area contributed by atoms with Crippen molar-refractivity contribution in [2.75, 3.05) is 13.1 Å². The minimum atomic E-state index is 0.108. The number of carbonyl (C=O) groups is 1. The summed E-state index contributed by atoms with van der Waals surface area (Å²) < 4.78 is 0. The maximum Gasteiger partial charge on any atom is 0.227 e. The molecule has 0 aromatic heterocycles. The first-order valence-electron chi connectivity index (χ1n) is 7.44. The van der Waals surface area contributed by atoms with E-state index in [-0.39, 0.29) is 12.0 Å². The fourth-order valence-electron chi connectivity index (χ4n) is 3.50. The normalized spacial score (nSPS) is 30.8. The van der Waals surface area contributed by atoms with Crippen molar-refractivity contribution in [3.63, 3.8) is 0 Å². The second-order valence-corrected chi connectivity index (χ2v) is 7.17. The summed E-state index contributed by atoms with van der Waals surface area (Å²) in [4.78, 5) is 14.5. The smallest absolute Gasteiger partial charge is 0.227 e. The van der Waals surface area contributed by atoms with Crippen LogP contribution in [-0.4, -0.2) is 29.9 Å². The molecule has 2 N–H and O–H groups in total. The lowest BCUT2D eigenvalue weighted by Crippen LogP contribution is -2.46. The van der Waals surface area contributed by atoms with Crippen molar-refractivity contribution in [3.8, 4) is 0 Å². The number of rotatable bonds is 1. The Hall–Kier alpha value is -0.570. The third kappa shape index (κ3) is 2.87. The van der Waals surface area contributed by atoms with E-state index in [1.807, 2.05) is 0 Å². The van der Waals surface area contributed by atoms with Gasteiger partial charge in [0.15, 0.2) is 0 Å². The van der Waals surface area contributed by atoms with Crippen LogP contribution in [0.5, 0.6) is 0 Å². The average Bonchev–Trinajstić information content (AvgIpc) is 2.73. The van der Waals surface area contributed by atoms with Crippen LogP contribution in [0.4, 0.5) is 0 Å². The second-order valence-electron chi connectivity index (χ2n) is 7.17. The molecule has 1 saturated heterocycles. The molecule has 2 aliphatic rings. The number of piperidine rings is 1. The Balaban J connectivity index is 1.88. The summed E-state index contributed by atoms with van der Waals surface area (Å²) in [5.41, 5.74) is 6.41. The Bertz CT molecular complexity index is 300. The van der Waals surface area contributed by atoms with Gasteiger partial charge in [0.1, 0.15) is 0 Å². The van der Waals surface area contributed by atoms with Gasteiger partial charge in [-0.3, -0.25) is 4.79 Å². The molecular weight excluding hydrogens is 224 g/mol. The SMILES string of the molecule is CC(C)(C)C1CCN(C(=O)C2CCCC2N)CC1. The molecule has 1 heterocycles. The fourth-order valence-corrected chi connectivity index (χ4v) is 3.50. The van der Waals surface area contributed by atoms with Crippen LogP contribution in [-0.2, 0) is 4.79 Å². The molecule has 0 spiro atoms. The minimum Gasteiger partial charge on any atom is -0.342 e. The Morgan fingerprint density at radius 3 is 2.17 bits per heavy atom. The zero-order valence-electron chi connectivity index (χ0n) is 12.1. The van der Waals surface area contributed by atoms with Crippen LogP contribution in [0.25, 0.3) is 0 Å². The van der Waals surface area contributed by atoms with Crippen LogP contribution < -0.4 is 5.73 Å². The molecule has 3 nitrogen and oxygen atoms in total. The van der Waals surface area contributed by atoms with Gasteiger partial charge in [0.2, 0.25) is 5.91 Å². The van der Waals surface area contributed by atoms with Gasteiger partial charge in [0.05, 0.1) is 5.92 Å². The van der Waals surface area contributed by atoms with Gasteiger partial charge in [0.25, 0.3) is 0 Å². The number of amides is 1.